The molecule has 0 aliphatic heterocycles. The third-order valence-electron chi connectivity index (χ3n) is 1.97. The molecule has 2 nitrogen and oxygen atoms in total. The van der Waals surface area contributed by atoms with E-state index in [-0.39, 0.29) is 5.75 Å². The van der Waals surface area contributed by atoms with Gasteiger partial charge in [-0.2, -0.15) is 0 Å². The van der Waals surface area contributed by atoms with Crippen LogP contribution >= 0.6 is 23.1 Å². The predicted octanol–water partition coefficient (Wildman–Crippen LogP) is 3.14. The van der Waals surface area contributed by atoms with Crippen molar-refractivity contribution < 1.29 is 9.90 Å². The van der Waals surface area contributed by atoms with Crippen molar-refractivity contribution in [1.82, 2.24) is 0 Å². The first kappa shape index (κ1) is 9.55. The number of aldehydes is 1. The molecule has 1 N–H and O–H groups in total. The molecule has 0 bridgehead atoms. The molecule has 0 saturated heterocycles. The maximum atomic E-state index is 10.6. The smallest absolute Gasteiger partial charge is 0.160 e. The second-order valence-corrected chi connectivity index (χ2v) is 4.73. The Morgan fingerprint density at radius 1 is 1.50 bits per heavy atom. The van der Waals surface area contributed by atoms with Crippen molar-refractivity contribution in [2.24, 2.45) is 0 Å². The van der Waals surface area contributed by atoms with E-state index in [4.69, 9.17) is 0 Å². The molecule has 0 spiro atoms. The number of hydrogen-bond donors (Lipinski definition) is 1. The number of benzene rings is 1. The lowest BCUT2D eigenvalue weighted by Crippen LogP contribution is -1.73. The van der Waals surface area contributed by atoms with Gasteiger partial charge in [-0.3, -0.25) is 4.79 Å². The quantitative estimate of drug-likeness (QED) is 0.629. The van der Waals surface area contributed by atoms with Crippen LogP contribution in [0.3, 0.4) is 0 Å². The van der Waals surface area contributed by atoms with Crippen LogP contribution in [0.5, 0.6) is 5.75 Å². The van der Waals surface area contributed by atoms with Gasteiger partial charge in [-0.15, -0.1) is 23.1 Å². The zero-order valence-electron chi connectivity index (χ0n) is 7.48. The number of carbonyl (C=O) groups is 1. The summed E-state index contributed by atoms with van der Waals surface area (Å²) in [5.41, 5.74) is 0. The minimum atomic E-state index is 0.278. The molecule has 0 fully saturated rings. The van der Waals surface area contributed by atoms with Gasteiger partial charge < -0.3 is 5.11 Å². The SMILES string of the molecule is CSc1c(O)ccc2sc(C=O)cc12. The fourth-order valence-electron chi connectivity index (χ4n) is 1.37. The highest BCUT2D eigenvalue weighted by Gasteiger charge is 2.08. The van der Waals surface area contributed by atoms with Crippen LogP contribution in [-0.4, -0.2) is 17.6 Å². The zero-order valence-corrected chi connectivity index (χ0v) is 9.11. The van der Waals surface area contributed by atoms with Crippen LogP contribution in [0.1, 0.15) is 9.67 Å². The Labute approximate surface area is 89.6 Å². The Hall–Kier alpha value is -1.00. The summed E-state index contributed by atoms with van der Waals surface area (Å²) in [5, 5.41) is 10.5. The van der Waals surface area contributed by atoms with Gasteiger partial charge in [-0.05, 0) is 24.5 Å². The summed E-state index contributed by atoms with van der Waals surface area (Å²) >= 11 is 2.93. The van der Waals surface area contributed by atoms with Crippen molar-refractivity contribution in [3.8, 4) is 5.75 Å². The highest BCUT2D eigenvalue weighted by molar-refractivity contribution is 7.99. The summed E-state index contributed by atoms with van der Waals surface area (Å²) in [6.45, 7) is 0. The van der Waals surface area contributed by atoms with Crippen LogP contribution in [0.2, 0.25) is 0 Å². The van der Waals surface area contributed by atoms with Crippen molar-refractivity contribution in [3.05, 3.63) is 23.1 Å². The highest BCUT2D eigenvalue weighted by Crippen LogP contribution is 2.37. The monoisotopic (exact) mass is 224 g/mol. The number of carbonyl (C=O) groups excluding carboxylic acids is 1. The first-order chi connectivity index (χ1) is 6.76. The largest absolute Gasteiger partial charge is 0.507 e. The van der Waals surface area contributed by atoms with Gasteiger partial charge in [0.15, 0.2) is 6.29 Å². The van der Waals surface area contributed by atoms with E-state index < -0.39 is 0 Å². The van der Waals surface area contributed by atoms with Crippen LogP contribution in [0.15, 0.2) is 23.1 Å². The normalized spacial score (nSPS) is 10.6. The first-order valence-electron chi connectivity index (χ1n) is 4.01. The lowest BCUT2D eigenvalue weighted by molar-refractivity contribution is 0.112. The van der Waals surface area contributed by atoms with Gasteiger partial charge in [0, 0.05) is 10.1 Å². The van der Waals surface area contributed by atoms with Crippen molar-refractivity contribution >= 4 is 39.5 Å². The van der Waals surface area contributed by atoms with Crippen molar-refractivity contribution in [1.29, 1.82) is 0 Å². The molecular weight excluding hydrogens is 216 g/mol. The summed E-state index contributed by atoms with van der Waals surface area (Å²) in [6, 6.07) is 5.32. The molecule has 2 aromatic rings. The lowest BCUT2D eigenvalue weighted by atomic mass is 10.2. The molecule has 1 heterocycles. The van der Waals surface area contributed by atoms with Gasteiger partial charge in [-0.1, -0.05) is 0 Å². The molecule has 1 aromatic carbocycles. The third-order valence-corrected chi connectivity index (χ3v) is 3.83. The van der Waals surface area contributed by atoms with E-state index in [1.807, 2.05) is 18.4 Å². The molecule has 0 saturated carbocycles. The number of fused-ring (bicyclic) bond motifs is 1. The van der Waals surface area contributed by atoms with Crippen molar-refractivity contribution in [3.63, 3.8) is 0 Å². The van der Waals surface area contributed by atoms with E-state index in [1.54, 1.807) is 6.07 Å². The summed E-state index contributed by atoms with van der Waals surface area (Å²) in [6.07, 6.45) is 2.75. The van der Waals surface area contributed by atoms with E-state index >= 15 is 0 Å². The summed E-state index contributed by atoms with van der Waals surface area (Å²) in [4.78, 5) is 12.1. The van der Waals surface area contributed by atoms with E-state index in [0.29, 0.717) is 4.88 Å². The van der Waals surface area contributed by atoms with Crippen LogP contribution < -0.4 is 0 Å². The average Bonchev–Trinajstić information content (AvgIpc) is 2.60. The van der Waals surface area contributed by atoms with Crippen LogP contribution in [0.4, 0.5) is 0 Å². The van der Waals surface area contributed by atoms with Gasteiger partial charge in [-0.25, -0.2) is 0 Å². The molecule has 0 aliphatic carbocycles. The highest BCUT2D eigenvalue weighted by atomic mass is 32.2. The number of phenolic OH excluding ortho intramolecular Hbond substituents is 1. The predicted molar refractivity (Wildman–Crippen MR) is 60.7 cm³/mol. The molecular formula is C10H8O2S2. The maximum Gasteiger partial charge on any atom is 0.160 e. The molecule has 0 amide bonds. The summed E-state index contributed by atoms with van der Waals surface area (Å²) < 4.78 is 1.04. The number of aromatic hydroxyl groups is 1. The van der Waals surface area contributed by atoms with Gasteiger partial charge in [0.2, 0.25) is 0 Å². The Morgan fingerprint density at radius 3 is 2.93 bits per heavy atom. The summed E-state index contributed by atoms with van der Waals surface area (Å²) in [5.74, 6) is 0.278. The molecule has 2 rings (SSSR count). The number of thioether (sulfide) groups is 1. The molecule has 0 aliphatic rings. The van der Waals surface area contributed by atoms with Gasteiger partial charge >= 0.3 is 0 Å². The third kappa shape index (κ3) is 1.40. The minimum Gasteiger partial charge on any atom is -0.507 e. The Kier molecular flexibility index (Phi) is 2.48. The second-order valence-electron chi connectivity index (χ2n) is 2.80. The van der Waals surface area contributed by atoms with E-state index in [2.05, 4.69) is 0 Å². The minimum absolute atomic E-state index is 0.278. The van der Waals surface area contributed by atoms with Crippen molar-refractivity contribution in [2.75, 3.05) is 6.26 Å². The van der Waals surface area contributed by atoms with Crippen molar-refractivity contribution in [2.45, 2.75) is 4.90 Å². The molecule has 0 radical (unpaired) electrons. The standard InChI is InChI=1S/C10H8O2S2/c1-13-10-7-4-6(5-11)14-9(7)3-2-8(10)12/h2-5,12H,1H3. The molecule has 4 heteroatoms. The molecule has 0 unspecified atom stereocenters. The van der Waals surface area contributed by atoms with E-state index in [1.165, 1.54) is 23.1 Å². The van der Waals surface area contributed by atoms with Crippen LogP contribution in [0, 0.1) is 0 Å². The van der Waals surface area contributed by atoms with E-state index in [9.17, 15) is 9.90 Å². The molecule has 72 valence electrons. The van der Waals surface area contributed by atoms with Gasteiger partial charge in [0.05, 0.1) is 9.77 Å². The Balaban J connectivity index is 2.79. The van der Waals surface area contributed by atoms with Crippen LogP contribution in [0.25, 0.3) is 10.1 Å². The first-order valence-corrected chi connectivity index (χ1v) is 6.05. The van der Waals surface area contributed by atoms with Crippen LogP contribution in [-0.2, 0) is 0 Å². The lowest BCUT2D eigenvalue weighted by Gasteiger charge is -2.01. The fraction of sp³-hybridized carbons (Fsp3) is 0.100. The number of hydrogen-bond acceptors (Lipinski definition) is 4. The Morgan fingerprint density at radius 2 is 2.29 bits per heavy atom. The van der Waals surface area contributed by atoms with Gasteiger partial charge in [0.25, 0.3) is 0 Å². The second kappa shape index (κ2) is 3.63. The number of thiophene rings is 1. The number of phenols is 1. The fourth-order valence-corrected chi connectivity index (χ4v) is 2.98. The summed E-state index contributed by atoms with van der Waals surface area (Å²) in [7, 11) is 0. The molecule has 14 heavy (non-hydrogen) atoms. The van der Waals surface area contributed by atoms with Gasteiger partial charge in [0.1, 0.15) is 5.75 Å². The Bertz CT molecular complexity index is 488. The maximum absolute atomic E-state index is 10.6. The molecule has 1 aromatic heterocycles. The zero-order chi connectivity index (χ0) is 10.1. The topological polar surface area (TPSA) is 37.3 Å². The van der Waals surface area contributed by atoms with E-state index in [0.717, 1.165) is 21.3 Å². The average molecular weight is 224 g/mol. The number of rotatable bonds is 2. The molecule has 0 atom stereocenters.